The van der Waals surface area contributed by atoms with E-state index in [-0.39, 0.29) is 35.4 Å². The van der Waals surface area contributed by atoms with Crippen molar-refractivity contribution in [3.8, 4) is 0 Å². The molecule has 1 unspecified atom stereocenters. The molecule has 0 radical (unpaired) electrons. The molecular formula is C33H45ClF2N4O2. The van der Waals surface area contributed by atoms with Gasteiger partial charge in [0.25, 0.3) is 0 Å². The Hall–Kier alpha value is -2.71. The average Bonchev–Trinajstić information content (AvgIpc) is 3.35. The number of nitrogens with zero attached hydrogens (tertiary/aromatic N) is 4. The topological polar surface area (TPSA) is 47.1 Å². The quantitative estimate of drug-likeness (QED) is 0.384. The van der Waals surface area contributed by atoms with E-state index in [9.17, 15) is 18.4 Å². The molecular weight excluding hydrogens is 558 g/mol. The lowest BCUT2D eigenvalue weighted by molar-refractivity contribution is -0.136. The third-order valence-electron chi connectivity index (χ3n) is 8.97. The fourth-order valence-electron chi connectivity index (χ4n) is 6.66. The molecule has 0 bridgehead atoms. The number of carbonyl (C=O) groups is 2. The summed E-state index contributed by atoms with van der Waals surface area (Å²) in [6, 6.07) is 7.61. The summed E-state index contributed by atoms with van der Waals surface area (Å²) in [6.45, 7) is 19.2. The highest BCUT2D eigenvalue weighted by molar-refractivity contribution is 6.31. The summed E-state index contributed by atoms with van der Waals surface area (Å²) >= 11 is 6.60. The van der Waals surface area contributed by atoms with Crippen molar-refractivity contribution in [2.24, 2.45) is 5.92 Å². The molecule has 3 atom stereocenters. The molecule has 2 aromatic carbocycles. The van der Waals surface area contributed by atoms with E-state index in [1.54, 1.807) is 6.92 Å². The number of hydrogen-bond acceptors (Lipinski definition) is 4. The Morgan fingerprint density at radius 3 is 2.19 bits per heavy atom. The second-order valence-electron chi connectivity index (χ2n) is 13.1. The lowest BCUT2D eigenvalue weighted by atomic mass is 9.87. The lowest BCUT2D eigenvalue weighted by Crippen LogP contribution is -2.52. The maximum Gasteiger partial charge on any atom is 0.227 e. The first-order valence-electron chi connectivity index (χ1n) is 14.9. The molecule has 42 heavy (non-hydrogen) atoms. The molecule has 2 amide bonds. The summed E-state index contributed by atoms with van der Waals surface area (Å²) in [5.41, 5.74) is 3.16. The molecule has 4 rings (SSSR count). The van der Waals surface area contributed by atoms with Gasteiger partial charge in [-0.1, -0.05) is 23.7 Å². The van der Waals surface area contributed by atoms with Crippen molar-refractivity contribution >= 4 is 29.1 Å². The maximum absolute atomic E-state index is 14.9. The summed E-state index contributed by atoms with van der Waals surface area (Å²) in [6.07, 6.45) is 0. The van der Waals surface area contributed by atoms with Crippen LogP contribution in [-0.2, 0) is 9.59 Å². The molecule has 2 heterocycles. The van der Waals surface area contributed by atoms with Crippen LogP contribution in [0.15, 0.2) is 30.3 Å². The van der Waals surface area contributed by atoms with Crippen LogP contribution in [0, 0.1) is 24.5 Å². The Morgan fingerprint density at radius 1 is 1.00 bits per heavy atom. The van der Waals surface area contributed by atoms with E-state index in [0.717, 1.165) is 22.9 Å². The number of amides is 2. The van der Waals surface area contributed by atoms with Crippen LogP contribution in [0.5, 0.6) is 0 Å². The molecule has 2 aliphatic rings. The molecule has 2 fully saturated rings. The zero-order valence-electron chi connectivity index (χ0n) is 26.2. The Labute approximate surface area is 254 Å². The first-order valence-corrected chi connectivity index (χ1v) is 15.3. The van der Waals surface area contributed by atoms with Gasteiger partial charge in [0.1, 0.15) is 11.6 Å². The molecule has 0 saturated carbocycles. The van der Waals surface area contributed by atoms with E-state index in [2.05, 4.69) is 36.6 Å². The highest BCUT2D eigenvalue weighted by atomic mass is 35.5. The normalized spacial score (nSPS) is 20.8. The standard InChI is InChI=1S/C33H45ClF2N4O2/c1-20(2)40(23(5)41)22(4)26-15-21(3)29(34)17-31(26)37-11-13-38(14-12-37)32(42)28-19-39(33(6,7)8)18-27(28)25-10-9-24(35)16-30(25)36/h9-10,15-17,20,22,27-28H,11-14,18-19H2,1-8H3/t22?,27-,28+/m0/s1. The predicted molar refractivity (Wildman–Crippen MR) is 165 cm³/mol. The predicted octanol–water partition coefficient (Wildman–Crippen LogP) is 6.41. The highest BCUT2D eigenvalue weighted by Crippen LogP contribution is 2.40. The minimum absolute atomic E-state index is 0.00761. The fraction of sp³-hybridized carbons (Fsp3) is 0.576. The second kappa shape index (κ2) is 12.5. The van der Waals surface area contributed by atoms with Gasteiger partial charge in [-0.3, -0.25) is 14.5 Å². The van der Waals surface area contributed by atoms with Crippen molar-refractivity contribution in [1.82, 2.24) is 14.7 Å². The molecule has 2 aromatic rings. The average molecular weight is 603 g/mol. The Kier molecular flexibility index (Phi) is 9.58. The van der Waals surface area contributed by atoms with Gasteiger partial charge in [-0.15, -0.1) is 0 Å². The van der Waals surface area contributed by atoms with Gasteiger partial charge in [0.15, 0.2) is 0 Å². The molecule has 0 N–H and O–H groups in total. The van der Waals surface area contributed by atoms with E-state index in [1.165, 1.54) is 12.1 Å². The smallest absolute Gasteiger partial charge is 0.227 e. The monoisotopic (exact) mass is 602 g/mol. The van der Waals surface area contributed by atoms with E-state index in [4.69, 9.17) is 11.6 Å². The van der Waals surface area contributed by atoms with Crippen LogP contribution in [0.25, 0.3) is 0 Å². The SMILES string of the molecule is CC(=O)N(C(C)C)C(C)c1cc(C)c(Cl)cc1N1CCN(C(=O)[C@@H]2CN(C(C)(C)C)C[C@H]2c2ccc(F)cc2F)CC1. The van der Waals surface area contributed by atoms with Gasteiger partial charge in [0.2, 0.25) is 11.8 Å². The number of hydrogen-bond donors (Lipinski definition) is 0. The van der Waals surface area contributed by atoms with Crippen LogP contribution in [0.4, 0.5) is 14.5 Å². The second-order valence-corrected chi connectivity index (χ2v) is 13.5. The van der Waals surface area contributed by atoms with Crippen LogP contribution >= 0.6 is 11.6 Å². The number of halogens is 3. The largest absolute Gasteiger partial charge is 0.368 e. The van der Waals surface area contributed by atoms with Gasteiger partial charge < -0.3 is 14.7 Å². The molecule has 0 aliphatic carbocycles. The highest BCUT2D eigenvalue weighted by Gasteiger charge is 2.44. The van der Waals surface area contributed by atoms with Gasteiger partial charge in [0.05, 0.1) is 12.0 Å². The first kappa shape index (κ1) is 32.2. The van der Waals surface area contributed by atoms with Crippen molar-refractivity contribution < 1.29 is 18.4 Å². The van der Waals surface area contributed by atoms with Gasteiger partial charge in [0, 0.05) is 80.5 Å². The van der Waals surface area contributed by atoms with Crippen LogP contribution in [0.3, 0.4) is 0 Å². The summed E-state index contributed by atoms with van der Waals surface area (Å²) in [7, 11) is 0. The van der Waals surface area contributed by atoms with Crippen LogP contribution < -0.4 is 4.90 Å². The molecule has 9 heteroatoms. The third-order valence-corrected chi connectivity index (χ3v) is 9.38. The first-order chi connectivity index (χ1) is 19.6. The van der Waals surface area contributed by atoms with Crippen molar-refractivity contribution in [1.29, 1.82) is 0 Å². The Morgan fingerprint density at radius 2 is 1.64 bits per heavy atom. The molecule has 230 valence electrons. The number of piperazine rings is 1. The van der Waals surface area contributed by atoms with Gasteiger partial charge >= 0.3 is 0 Å². The molecule has 0 spiro atoms. The summed E-state index contributed by atoms with van der Waals surface area (Å²) in [4.78, 5) is 34.8. The van der Waals surface area contributed by atoms with Crippen molar-refractivity contribution in [2.75, 3.05) is 44.2 Å². The van der Waals surface area contributed by atoms with E-state index in [1.807, 2.05) is 43.6 Å². The Bertz CT molecular complexity index is 1320. The number of aryl methyl sites for hydroxylation is 1. The summed E-state index contributed by atoms with van der Waals surface area (Å²) in [5, 5.41) is 0.663. The lowest BCUT2D eigenvalue weighted by Gasteiger charge is -2.40. The van der Waals surface area contributed by atoms with Crippen LogP contribution in [-0.4, -0.2) is 77.4 Å². The molecule has 2 saturated heterocycles. The fourth-order valence-corrected chi connectivity index (χ4v) is 6.81. The third kappa shape index (κ3) is 6.60. The van der Waals surface area contributed by atoms with Gasteiger partial charge in [-0.05, 0) is 77.3 Å². The number of likely N-dealkylation sites (tertiary alicyclic amines) is 1. The molecule has 2 aliphatic heterocycles. The minimum Gasteiger partial charge on any atom is -0.368 e. The van der Waals surface area contributed by atoms with Crippen molar-refractivity contribution in [3.05, 3.63) is 63.7 Å². The summed E-state index contributed by atoms with van der Waals surface area (Å²) in [5.74, 6) is -1.97. The van der Waals surface area contributed by atoms with Gasteiger partial charge in [-0.2, -0.15) is 0 Å². The van der Waals surface area contributed by atoms with Crippen LogP contribution in [0.2, 0.25) is 5.02 Å². The van der Waals surface area contributed by atoms with Crippen molar-refractivity contribution in [3.63, 3.8) is 0 Å². The zero-order chi connectivity index (χ0) is 31.1. The van der Waals surface area contributed by atoms with Gasteiger partial charge in [-0.25, -0.2) is 8.78 Å². The molecule has 6 nitrogen and oxygen atoms in total. The van der Waals surface area contributed by atoms with E-state index >= 15 is 0 Å². The summed E-state index contributed by atoms with van der Waals surface area (Å²) < 4.78 is 28.7. The minimum atomic E-state index is -0.620. The Balaban J connectivity index is 1.56. The zero-order valence-corrected chi connectivity index (χ0v) is 26.9. The van der Waals surface area contributed by atoms with E-state index < -0.39 is 17.6 Å². The maximum atomic E-state index is 14.9. The van der Waals surface area contributed by atoms with Crippen LogP contribution in [0.1, 0.15) is 77.1 Å². The van der Waals surface area contributed by atoms with Crippen molar-refractivity contribution in [2.45, 2.75) is 78.9 Å². The van der Waals surface area contributed by atoms with E-state index in [0.29, 0.717) is 49.9 Å². The molecule has 0 aromatic heterocycles. The number of benzene rings is 2. The number of anilines is 1. The number of carbonyl (C=O) groups excluding carboxylic acids is 2. The number of rotatable bonds is 6.